The lowest BCUT2D eigenvalue weighted by atomic mass is 9.74. The van der Waals surface area contributed by atoms with Gasteiger partial charge in [0.25, 0.3) is 0 Å². The average molecular weight is 276 g/mol. The van der Waals surface area contributed by atoms with Crippen molar-refractivity contribution < 1.29 is 4.74 Å². The first-order chi connectivity index (χ1) is 9.63. The number of aryl methyl sites for hydroxylation is 1. The highest BCUT2D eigenvalue weighted by Crippen LogP contribution is 2.46. The maximum Gasteiger partial charge on any atom is 0.147 e. The van der Waals surface area contributed by atoms with Crippen LogP contribution in [-0.2, 0) is 4.74 Å². The van der Waals surface area contributed by atoms with Crippen molar-refractivity contribution in [1.82, 2.24) is 9.97 Å². The van der Waals surface area contributed by atoms with Gasteiger partial charge in [-0.15, -0.1) is 0 Å². The summed E-state index contributed by atoms with van der Waals surface area (Å²) in [7, 11) is 1.80. The van der Waals surface area contributed by atoms with Gasteiger partial charge >= 0.3 is 0 Å². The van der Waals surface area contributed by atoms with Gasteiger partial charge in [-0.1, -0.05) is 0 Å². The monoisotopic (exact) mass is 276 g/mol. The summed E-state index contributed by atoms with van der Waals surface area (Å²) in [5.74, 6) is 0.986. The number of methoxy groups -OCH3 is 1. The Bertz CT molecular complexity index is 453. The van der Waals surface area contributed by atoms with E-state index >= 15 is 0 Å². The second-order valence-corrected chi connectivity index (χ2v) is 6.27. The fourth-order valence-corrected chi connectivity index (χ4v) is 3.71. The van der Waals surface area contributed by atoms with Gasteiger partial charge in [-0.3, -0.25) is 4.98 Å². The van der Waals surface area contributed by atoms with Crippen LogP contribution in [-0.4, -0.2) is 42.3 Å². The minimum Gasteiger partial charge on any atom is -0.381 e. The molecule has 1 aliphatic carbocycles. The SMILES string of the molecule is CO[C@H]1C[C@@H](N)C2(CCN(c3cnc(C)cn3)CC2)C1. The van der Waals surface area contributed by atoms with Crippen LogP contribution in [0, 0.1) is 12.3 Å². The summed E-state index contributed by atoms with van der Waals surface area (Å²) in [6.45, 7) is 3.99. The Balaban J connectivity index is 1.66. The summed E-state index contributed by atoms with van der Waals surface area (Å²) in [6.07, 6.45) is 8.42. The number of nitrogens with two attached hydrogens (primary N) is 1. The van der Waals surface area contributed by atoms with Gasteiger partial charge in [-0.05, 0) is 38.0 Å². The lowest BCUT2D eigenvalue weighted by molar-refractivity contribution is 0.0891. The first kappa shape index (κ1) is 13.8. The molecular formula is C15H24N4O. The quantitative estimate of drug-likeness (QED) is 0.887. The van der Waals surface area contributed by atoms with Crippen molar-refractivity contribution in [3.63, 3.8) is 0 Å². The van der Waals surface area contributed by atoms with Crippen LogP contribution in [0.25, 0.3) is 0 Å². The molecule has 2 fully saturated rings. The van der Waals surface area contributed by atoms with Gasteiger partial charge in [0, 0.05) is 26.2 Å². The van der Waals surface area contributed by atoms with Crippen LogP contribution in [0.2, 0.25) is 0 Å². The van der Waals surface area contributed by atoms with Crippen molar-refractivity contribution >= 4 is 5.82 Å². The van der Waals surface area contributed by atoms with E-state index in [1.165, 1.54) is 0 Å². The van der Waals surface area contributed by atoms with Gasteiger partial charge in [0.15, 0.2) is 0 Å². The van der Waals surface area contributed by atoms with Gasteiger partial charge in [0.1, 0.15) is 5.82 Å². The zero-order valence-electron chi connectivity index (χ0n) is 12.4. The van der Waals surface area contributed by atoms with E-state index in [0.29, 0.717) is 6.10 Å². The number of hydrogen-bond donors (Lipinski definition) is 1. The second-order valence-electron chi connectivity index (χ2n) is 6.27. The Labute approximate surface area is 120 Å². The van der Waals surface area contributed by atoms with Gasteiger partial charge in [0.05, 0.1) is 24.2 Å². The third-order valence-corrected chi connectivity index (χ3v) is 5.12. The van der Waals surface area contributed by atoms with Crippen LogP contribution >= 0.6 is 0 Å². The highest BCUT2D eigenvalue weighted by Gasteiger charge is 2.47. The first-order valence-corrected chi connectivity index (χ1v) is 7.45. The van der Waals surface area contributed by atoms with E-state index in [9.17, 15) is 0 Å². The van der Waals surface area contributed by atoms with Gasteiger partial charge in [-0.25, -0.2) is 4.98 Å². The maximum absolute atomic E-state index is 6.39. The molecule has 0 bridgehead atoms. The van der Waals surface area contributed by atoms with Crippen molar-refractivity contribution in [2.24, 2.45) is 11.1 Å². The Morgan fingerprint density at radius 3 is 2.60 bits per heavy atom. The highest BCUT2D eigenvalue weighted by molar-refractivity contribution is 5.36. The second kappa shape index (κ2) is 5.30. The fourth-order valence-electron chi connectivity index (χ4n) is 3.71. The molecule has 1 aromatic heterocycles. The van der Waals surface area contributed by atoms with Crippen molar-refractivity contribution in [1.29, 1.82) is 0 Å². The van der Waals surface area contributed by atoms with Crippen molar-refractivity contribution in [2.45, 2.75) is 44.8 Å². The van der Waals surface area contributed by atoms with Crippen molar-refractivity contribution in [2.75, 3.05) is 25.1 Å². The summed E-state index contributed by atoms with van der Waals surface area (Å²) in [4.78, 5) is 11.1. The number of anilines is 1. The Kier molecular flexibility index (Phi) is 3.65. The number of hydrogen-bond acceptors (Lipinski definition) is 5. The Morgan fingerprint density at radius 2 is 2.05 bits per heavy atom. The minimum atomic E-state index is 0.273. The standard InChI is InChI=1S/C15H24N4O/c1-11-9-18-14(10-17-11)19-5-3-15(4-6-19)8-12(20-2)7-13(15)16/h9-10,12-13H,3-8,16H2,1-2H3/t12-,13+/m0/s1. The molecule has 0 aromatic carbocycles. The molecule has 1 aliphatic heterocycles. The third kappa shape index (κ3) is 2.40. The normalized spacial score (nSPS) is 29.1. The minimum absolute atomic E-state index is 0.273. The van der Waals surface area contributed by atoms with Gasteiger partial charge < -0.3 is 15.4 Å². The number of aromatic nitrogens is 2. The highest BCUT2D eigenvalue weighted by atomic mass is 16.5. The third-order valence-electron chi connectivity index (χ3n) is 5.12. The fraction of sp³-hybridized carbons (Fsp3) is 0.733. The smallest absolute Gasteiger partial charge is 0.147 e. The van der Waals surface area contributed by atoms with Gasteiger partial charge in [0.2, 0.25) is 0 Å². The van der Waals surface area contributed by atoms with Crippen LogP contribution in [0.5, 0.6) is 0 Å². The molecule has 5 heteroatoms. The van der Waals surface area contributed by atoms with Crippen LogP contribution in [0.1, 0.15) is 31.4 Å². The number of rotatable bonds is 2. The molecular weight excluding hydrogens is 252 g/mol. The predicted octanol–water partition coefficient (Wildman–Crippen LogP) is 1.51. The van der Waals surface area contributed by atoms with Crippen LogP contribution < -0.4 is 10.6 Å². The van der Waals surface area contributed by atoms with E-state index in [1.54, 1.807) is 7.11 Å². The molecule has 5 nitrogen and oxygen atoms in total. The molecule has 2 aliphatic rings. The molecule has 2 heterocycles. The van der Waals surface area contributed by atoms with Crippen molar-refractivity contribution in [3.05, 3.63) is 18.1 Å². The van der Waals surface area contributed by atoms with Crippen LogP contribution in [0.15, 0.2) is 12.4 Å². The van der Waals surface area contributed by atoms with Crippen LogP contribution in [0.4, 0.5) is 5.82 Å². The molecule has 0 amide bonds. The lowest BCUT2D eigenvalue weighted by Crippen LogP contribution is -2.47. The number of nitrogens with zero attached hydrogens (tertiary/aromatic N) is 3. The molecule has 0 radical (unpaired) electrons. The summed E-state index contributed by atoms with van der Waals surface area (Å²) in [5.41, 5.74) is 7.62. The summed E-state index contributed by atoms with van der Waals surface area (Å²) in [5, 5.41) is 0. The molecule has 3 rings (SSSR count). The van der Waals surface area contributed by atoms with Crippen molar-refractivity contribution in [3.8, 4) is 0 Å². The summed E-state index contributed by atoms with van der Waals surface area (Å²) in [6, 6.07) is 0.277. The molecule has 1 saturated heterocycles. The topological polar surface area (TPSA) is 64.3 Å². The Hall–Kier alpha value is -1.20. The molecule has 20 heavy (non-hydrogen) atoms. The predicted molar refractivity (Wildman–Crippen MR) is 78.7 cm³/mol. The maximum atomic E-state index is 6.39. The molecule has 1 aromatic rings. The number of piperidine rings is 1. The lowest BCUT2D eigenvalue weighted by Gasteiger charge is -2.42. The molecule has 110 valence electrons. The molecule has 1 spiro atoms. The first-order valence-electron chi connectivity index (χ1n) is 7.45. The van der Waals surface area contributed by atoms with E-state index in [4.69, 9.17) is 10.5 Å². The molecule has 0 unspecified atom stereocenters. The summed E-state index contributed by atoms with van der Waals surface area (Å²) >= 11 is 0. The number of ether oxygens (including phenoxy) is 1. The molecule has 2 atom stereocenters. The summed E-state index contributed by atoms with van der Waals surface area (Å²) < 4.78 is 5.52. The molecule has 2 N–H and O–H groups in total. The van der Waals surface area contributed by atoms with Crippen LogP contribution in [0.3, 0.4) is 0 Å². The van der Waals surface area contributed by atoms with E-state index in [-0.39, 0.29) is 11.5 Å². The van der Waals surface area contributed by atoms with Gasteiger partial charge in [-0.2, -0.15) is 0 Å². The largest absolute Gasteiger partial charge is 0.381 e. The van der Waals surface area contributed by atoms with E-state index in [2.05, 4.69) is 14.9 Å². The van der Waals surface area contributed by atoms with E-state index in [1.807, 2.05) is 19.3 Å². The van der Waals surface area contributed by atoms with E-state index < -0.39 is 0 Å². The molecule has 1 saturated carbocycles. The average Bonchev–Trinajstić information content (AvgIpc) is 2.77. The van der Waals surface area contributed by atoms with E-state index in [0.717, 1.165) is 50.3 Å². The zero-order chi connectivity index (χ0) is 14.2. The zero-order valence-corrected chi connectivity index (χ0v) is 12.4. The Morgan fingerprint density at radius 1 is 1.30 bits per heavy atom.